The summed E-state index contributed by atoms with van der Waals surface area (Å²) < 4.78 is 50.3. The van der Waals surface area contributed by atoms with Crippen LogP contribution in [-0.2, 0) is 4.79 Å². The van der Waals surface area contributed by atoms with Gasteiger partial charge in [-0.1, -0.05) is 12.1 Å². The molecule has 2 aromatic carbocycles. The number of aryl methyl sites for hydroxylation is 1. The van der Waals surface area contributed by atoms with E-state index in [-0.39, 0.29) is 53.5 Å². The molecule has 67 heavy (non-hydrogen) atoms. The summed E-state index contributed by atoms with van der Waals surface area (Å²) in [6.45, 7) is 5.33. The largest absolute Gasteiger partial charge is 0.507 e. The van der Waals surface area contributed by atoms with Crippen molar-refractivity contribution in [2.45, 2.75) is 95.2 Å². The fraction of sp³-hybridized carbons (Fsp3) is 0.500. The quantitative estimate of drug-likeness (QED) is 0.113. The number of carbonyl (C=O) groups excluding carboxylic acids is 2. The first-order chi connectivity index (χ1) is 32.1. The van der Waals surface area contributed by atoms with Crippen molar-refractivity contribution in [2.75, 3.05) is 67.1 Å². The second kappa shape index (κ2) is 17.5. The van der Waals surface area contributed by atoms with Crippen molar-refractivity contribution in [3.8, 4) is 5.75 Å². The maximum absolute atomic E-state index is 16.2. The smallest absolute Gasteiger partial charge is 0.328 e. The normalized spacial score (nSPS) is 24.7. The number of fused-ring (bicyclic) bond motifs is 3. The van der Waals surface area contributed by atoms with Gasteiger partial charge in [0.2, 0.25) is 5.91 Å². The lowest BCUT2D eigenvalue weighted by Crippen LogP contribution is -2.54. The van der Waals surface area contributed by atoms with E-state index in [4.69, 9.17) is 22.2 Å². The molecule has 4 aromatic rings. The number of aromatic hydroxyl groups is 1. The predicted octanol–water partition coefficient (Wildman–Crippen LogP) is 6.73. The van der Waals surface area contributed by atoms with Gasteiger partial charge in [0.15, 0.2) is 0 Å². The molecular formula is C50H62F3N11O3. The van der Waals surface area contributed by atoms with Crippen LogP contribution in [0, 0.1) is 24.1 Å². The summed E-state index contributed by atoms with van der Waals surface area (Å²) in [7, 11) is 0. The highest BCUT2D eigenvalue weighted by Crippen LogP contribution is 2.49. The lowest BCUT2D eigenvalue weighted by atomic mass is 9.67. The van der Waals surface area contributed by atoms with Gasteiger partial charge in [0.25, 0.3) is 5.92 Å². The van der Waals surface area contributed by atoms with Crippen molar-refractivity contribution in [3.63, 3.8) is 0 Å². The Morgan fingerprint density at radius 2 is 1.63 bits per heavy atom. The van der Waals surface area contributed by atoms with Gasteiger partial charge in [-0.3, -0.25) is 15.0 Å². The van der Waals surface area contributed by atoms with Gasteiger partial charge in [0.1, 0.15) is 23.0 Å². The Hall–Kier alpha value is -6.10. The number of likely N-dealkylation sites (tertiary alicyclic amines) is 2. The maximum Gasteiger partial charge on any atom is 0.328 e. The van der Waals surface area contributed by atoms with Gasteiger partial charge in [-0.25, -0.2) is 22.9 Å². The van der Waals surface area contributed by atoms with Crippen molar-refractivity contribution < 1.29 is 27.9 Å². The number of rotatable bonds is 9. The highest BCUT2D eigenvalue weighted by Gasteiger charge is 2.48. The van der Waals surface area contributed by atoms with Gasteiger partial charge in [-0.05, 0) is 131 Å². The molecule has 3 amide bonds. The number of phenols is 1. The van der Waals surface area contributed by atoms with Gasteiger partial charge in [0.05, 0.1) is 29.8 Å². The third-order valence-electron chi connectivity index (χ3n) is 16.0. The minimum absolute atomic E-state index is 0.0545. The number of nitrogens with two attached hydrogens (primary N) is 3. The van der Waals surface area contributed by atoms with E-state index in [9.17, 15) is 14.7 Å². The van der Waals surface area contributed by atoms with Crippen LogP contribution in [0.1, 0.15) is 81.4 Å². The summed E-state index contributed by atoms with van der Waals surface area (Å²) in [5, 5.41) is 13.8. The molecule has 17 heteroatoms. The zero-order valence-electron chi connectivity index (χ0n) is 38.1. The van der Waals surface area contributed by atoms with Crippen molar-refractivity contribution in [1.29, 1.82) is 0 Å². The number of imide groups is 1. The minimum atomic E-state index is -2.99. The van der Waals surface area contributed by atoms with Crippen LogP contribution in [0.5, 0.6) is 5.75 Å². The molecule has 1 saturated carbocycles. The van der Waals surface area contributed by atoms with E-state index >= 15 is 13.2 Å². The summed E-state index contributed by atoms with van der Waals surface area (Å²) in [4.78, 5) is 38.7. The van der Waals surface area contributed by atoms with E-state index in [1.165, 1.54) is 6.07 Å². The molecule has 1 aliphatic carbocycles. The highest BCUT2D eigenvalue weighted by atomic mass is 19.3. The Morgan fingerprint density at radius 3 is 2.31 bits per heavy atom. The molecule has 6 aliphatic rings. The number of aromatic nitrogens is 2. The van der Waals surface area contributed by atoms with Crippen LogP contribution in [0.4, 0.5) is 35.0 Å². The van der Waals surface area contributed by atoms with E-state index in [2.05, 4.69) is 37.7 Å². The first kappa shape index (κ1) is 44.7. The Morgan fingerprint density at radius 1 is 0.896 bits per heavy atom. The van der Waals surface area contributed by atoms with Crippen molar-refractivity contribution in [3.05, 3.63) is 95.5 Å². The Bertz CT molecular complexity index is 2600. The molecule has 3 unspecified atom stereocenters. The topological polar surface area (TPSA) is 178 Å². The SMILES string of the molecule is Cc1cn(C2CCC3(CC2)CCN(CC2CCN(c4cc(N5C6CCC5CN(C(/C=C(\N)c5ccccc5O)=C(N)N)C6)ccc4F)CC2(F)F)CC3)c2ncc(N3CCC(=O)NC3=O)cc12. The molecule has 8 N–H and O–H groups in total. The second-order valence-corrected chi connectivity index (χ2v) is 20.0. The first-order valence-corrected chi connectivity index (χ1v) is 23.9. The lowest BCUT2D eigenvalue weighted by molar-refractivity contribution is -0.120. The second-order valence-electron chi connectivity index (χ2n) is 20.0. The number of halogens is 3. The summed E-state index contributed by atoms with van der Waals surface area (Å²) in [5.41, 5.74) is 24.1. The Labute approximate surface area is 389 Å². The van der Waals surface area contributed by atoms with E-state index in [0.29, 0.717) is 61.4 Å². The summed E-state index contributed by atoms with van der Waals surface area (Å²) in [6.07, 6.45) is 14.1. The average molecular weight is 922 g/mol. The number of phenolic OH excluding ortho intramolecular Hbond substituents is 1. The minimum Gasteiger partial charge on any atom is -0.507 e. The molecule has 10 rings (SSSR count). The van der Waals surface area contributed by atoms with Crippen LogP contribution in [0.3, 0.4) is 0 Å². The van der Waals surface area contributed by atoms with Crippen LogP contribution < -0.4 is 37.2 Å². The molecule has 14 nitrogen and oxygen atoms in total. The fourth-order valence-electron chi connectivity index (χ4n) is 12.2. The number of piperidine rings is 2. The van der Waals surface area contributed by atoms with E-state index in [1.54, 1.807) is 58.5 Å². The van der Waals surface area contributed by atoms with Crippen LogP contribution in [0.2, 0.25) is 0 Å². The summed E-state index contributed by atoms with van der Waals surface area (Å²) >= 11 is 0. The summed E-state index contributed by atoms with van der Waals surface area (Å²) in [6, 6.07) is 13.7. The maximum atomic E-state index is 16.2. The average Bonchev–Trinajstić information content (AvgIpc) is 3.77. The highest BCUT2D eigenvalue weighted by molar-refractivity contribution is 6.06. The number of pyridine rings is 1. The molecular weight excluding hydrogens is 860 g/mol. The molecule has 1 spiro atoms. The molecule has 3 atom stereocenters. The zero-order valence-corrected chi connectivity index (χ0v) is 38.1. The molecule has 7 heterocycles. The summed E-state index contributed by atoms with van der Waals surface area (Å²) in [5.74, 6) is -4.39. The predicted molar refractivity (Wildman–Crippen MR) is 254 cm³/mol. The molecule has 2 bridgehead atoms. The van der Waals surface area contributed by atoms with Crippen LogP contribution in [0.25, 0.3) is 16.7 Å². The van der Waals surface area contributed by atoms with Crippen molar-refractivity contribution in [2.24, 2.45) is 28.5 Å². The Kier molecular flexibility index (Phi) is 11.7. The first-order valence-electron chi connectivity index (χ1n) is 23.9. The number of urea groups is 1. The molecule has 5 saturated heterocycles. The van der Waals surface area contributed by atoms with Crippen molar-refractivity contribution >= 4 is 45.7 Å². The molecule has 5 aliphatic heterocycles. The third kappa shape index (κ3) is 8.59. The lowest BCUT2D eigenvalue weighted by Gasteiger charge is -2.48. The Balaban J connectivity index is 0.734. The number of allylic oxidation sites excluding steroid dienone is 1. The molecule has 356 valence electrons. The van der Waals surface area contributed by atoms with E-state index in [1.807, 2.05) is 6.07 Å². The van der Waals surface area contributed by atoms with E-state index < -0.39 is 30.2 Å². The number of alkyl halides is 2. The number of nitrogens with one attached hydrogen (secondary N) is 1. The van der Waals surface area contributed by atoms with Gasteiger partial charge in [0, 0.05) is 91.7 Å². The third-order valence-corrected chi connectivity index (χ3v) is 16.0. The van der Waals surface area contributed by atoms with Gasteiger partial charge in [-0.2, -0.15) is 0 Å². The number of piperazine rings is 1. The van der Waals surface area contributed by atoms with Gasteiger partial charge < -0.3 is 46.5 Å². The number of nitrogens with zero attached hydrogens (tertiary/aromatic N) is 7. The number of hydrogen-bond acceptors (Lipinski definition) is 11. The van der Waals surface area contributed by atoms with Gasteiger partial charge in [-0.15, -0.1) is 0 Å². The molecule has 2 aromatic heterocycles. The zero-order chi connectivity index (χ0) is 46.8. The monoisotopic (exact) mass is 921 g/mol. The van der Waals surface area contributed by atoms with Crippen LogP contribution >= 0.6 is 0 Å². The number of carbonyl (C=O) groups is 2. The van der Waals surface area contributed by atoms with Crippen LogP contribution in [0.15, 0.2) is 78.5 Å². The molecule has 0 radical (unpaired) electrons. The van der Waals surface area contributed by atoms with Gasteiger partial charge >= 0.3 is 6.03 Å². The number of amides is 3. The fourth-order valence-corrected chi connectivity index (χ4v) is 12.2. The van der Waals surface area contributed by atoms with E-state index in [0.717, 1.165) is 86.7 Å². The number of anilines is 3. The number of para-hydroxylation sites is 1. The standard InChI is InChI=1S/C50H62F3N11O3/c1-31-26-63(47-39(31)22-37(25-57-47)62-19-13-45(66)58-48(62)67)33-10-14-49(15-11-33)16-20-59(21-17-49)27-32-12-18-60(30-50(32,52)53)42-23-34(8-9-40(42)51)64-35-6-7-36(64)29-61(28-35)43(46(55)56)24-41(54)38-4-2-3-5-44(38)65/h2-5,8-9,22-26,32-33,35-36,65H,6-7,10-21,27-30,54-56H2,1H3,(H,58,66,67)/b41-24-. The number of benzene rings is 2. The van der Waals surface area contributed by atoms with Crippen LogP contribution in [-0.4, -0.2) is 107 Å². The van der Waals surface area contributed by atoms with Crippen molar-refractivity contribution in [1.82, 2.24) is 24.7 Å². The number of hydrogen-bond donors (Lipinski definition) is 5. The molecule has 6 fully saturated rings.